The molecule has 0 fully saturated rings. The molecule has 2 aromatic rings. The minimum atomic E-state index is -0.534. The van der Waals surface area contributed by atoms with Crippen LogP contribution in [-0.2, 0) is 16.8 Å². The molecule has 0 aromatic heterocycles. The van der Waals surface area contributed by atoms with Crippen LogP contribution in [-0.4, -0.2) is 5.91 Å². The number of aryl methyl sites for hydroxylation is 1. The summed E-state index contributed by atoms with van der Waals surface area (Å²) in [6.45, 7) is 3.86. The number of halogens is 2. The quantitative estimate of drug-likeness (QED) is 0.776. The summed E-state index contributed by atoms with van der Waals surface area (Å²) < 4.78 is 0. The molecule has 0 saturated carbocycles. The molecule has 2 aromatic carbocycles. The van der Waals surface area contributed by atoms with Crippen molar-refractivity contribution >= 4 is 34.8 Å². The van der Waals surface area contributed by atoms with E-state index in [9.17, 15) is 4.79 Å². The molecule has 3 nitrogen and oxygen atoms in total. The second kappa shape index (κ2) is 7.24. The van der Waals surface area contributed by atoms with Crippen molar-refractivity contribution < 1.29 is 4.79 Å². The Bertz CT molecular complexity index is 714. The molecule has 0 aliphatic heterocycles. The van der Waals surface area contributed by atoms with Crippen LogP contribution in [0.15, 0.2) is 42.5 Å². The van der Waals surface area contributed by atoms with Crippen LogP contribution < -0.4 is 11.1 Å². The highest BCUT2D eigenvalue weighted by Crippen LogP contribution is 2.28. The number of para-hydroxylation sites is 1. The van der Waals surface area contributed by atoms with Crippen molar-refractivity contribution in [1.82, 2.24) is 5.32 Å². The summed E-state index contributed by atoms with van der Waals surface area (Å²) in [7, 11) is 0. The fourth-order valence-electron chi connectivity index (χ4n) is 2.38. The Morgan fingerprint density at radius 2 is 1.83 bits per heavy atom. The highest BCUT2D eigenvalue weighted by atomic mass is 35.5. The molecule has 0 atom stereocenters. The van der Waals surface area contributed by atoms with E-state index < -0.39 is 5.54 Å². The van der Waals surface area contributed by atoms with Crippen LogP contribution in [0.25, 0.3) is 0 Å². The maximum atomic E-state index is 12.3. The summed E-state index contributed by atoms with van der Waals surface area (Å²) in [6.07, 6.45) is 0.981. The number of carbonyl (C=O) groups is 1. The predicted molar refractivity (Wildman–Crippen MR) is 96.8 cm³/mol. The number of rotatable bonds is 5. The second-order valence-corrected chi connectivity index (χ2v) is 6.82. The van der Waals surface area contributed by atoms with Gasteiger partial charge in [-0.05, 0) is 49.6 Å². The molecule has 0 spiro atoms. The Labute approximate surface area is 146 Å². The lowest BCUT2D eigenvalue weighted by Gasteiger charge is -2.27. The van der Waals surface area contributed by atoms with Crippen LogP contribution in [0.2, 0.25) is 10.0 Å². The van der Waals surface area contributed by atoms with Gasteiger partial charge < -0.3 is 11.1 Å². The van der Waals surface area contributed by atoms with Crippen LogP contribution in [0.1, 0.15) is 31.4 Å². The maximum absolute atomic E-state index is 12.3. The third kappa shape index (κ3) is 4.63. The zero-order chi connectivity index (χ0) is 17.0. The first kappa shape index (κ1) is 17.6. The fourth-order valence-corrected chi connectivity index (χ4v) is 2.68. The van der Waals surface area contributed by atoms with E-state index >= 15 is 0 Å². The lowest BCUT2D eigenvalue weighted by molar-refractivity contribution is -0.122. The van der Waals surface area contributed by atoms with E-state index in [1.807, 2.05) is 44.2 Å². The van der Waals surface area contributed by atoms with Gasteiger partial charge in [-0.3, -0.25) is 4.79 Å². The van der Waals surface area contributed by atoms with Gasteiger partial charge in [-0.15, -0.1) is 0 Å². The minimum absolute atomic E-state index is 0.0377. The van der Waals surface area contributed by atoms with Crippen molar-refractivity contribution in [3.63, 3.8) is 0 Å². The van der Waals surface area contributed by atoms with E-state index in [0.717, 1.165) is 11.1 Å². The SMILES string of the molecule is CC(C)(NC(=O)CCc1ccccc1N)c1ccc(Cl)c(Cl)c1. The van der Waals surface area contributed by atoms with Gasteiger partial charge in [0.2, 0.25) is 5.91 Å². The molecule has 0 aliphatic rings. The molecule has 5 heteroatoms. The van der Waals surface area contributed by atoms with Crippen LogP contribution in [0.5, 0.6) is 0 Å². The van der Waals surface area contributed by atoms with Crippen molar-refractivity contribution in [3.8, 4) is 0 Å². The highest BCUT2D eigenvalue weighted by molar-refractivity contribution is 6.42. The third-order valence-corrected chi connectivity index (χ3v) is 4.51. The zero-order valence-electron chi connectivity index (χ0n) is 13.2. The van der Waals surface area contributed by atoms with Crippen molar-refractivity contribution in [1.29, 1.82) is 0 Å². The molecule has 0 saturated heterocycles. The molecule has 0 heterocycles. The molecule has 23 heavy (non-hydrogen) atoms. The van der Waals surface area contributed by atoms with Crippen LogP contribution in [0.4, 0.5) is 5.69 Å². The lowest BCUT2D eigenvalue weighted by Crippen LogP contribution is -2.41. The molecular weight excluding hydrogens is 331 g/mol. The highest BCUT2D eigenvalue weighted by Gasteiger charge is 2.23. The Morgan fingerprint density at radius 3 is 2.48 bits per heavy atom. The number of nitrogen functional groups attached to an aromatic ring is 1. The van der Waals surface area contributed by atoms with E-state index in [2.05, 4.69) is 5.32 Å². The summed E-state index contributed by atoms with van der Waals surface area (Å²) in [4.78, 5) is 12.3. The van der Waals surface area contributed by atoms with Crippen LogP contribution >= 0.6 is 23.2 Å². The van der Waals surface area contributed by atoms with Gasteiger partial charge in [-0.2, -0.15) is 0 Å². The fraction of sp³-hybridized carbons (Fsp3) is 0.278. The number of carbonyl (C=O) groups excluding carboxylic acids is 1. The largest absolute Gasteiger partial charge is 0.399 e. The smallest absolute Gasteiger partial charge is 0.221 e. The number of nitrogens with two attached hydrogens (primary N) is 1. The lowest BCUT2D eigenvalue weighted by atomic mass is 9.94. The average molecular weight is 351 g/mol. The summed E-state index contributed by atoms with van der Waals surface area (Å²) >= 11 is 12.0. The minimum Gasteiger partial charge on any atom is -0.399 e. The second-order valence-electron chi connectivity index (χ2n) is 6.00. The molecule has 1 amide bonds. The van der Waals surface area contributed by atoms with Gasteiger partial charge in [0.25, 0.3) is 0 Å². The standard InChI is InChI=1S/C18H20Cl2N2O/c1-18(2,13-8-9-14(19)15(20)11-13)22-17(23)10-7-12-5-3-4-6-16(12)21/h3-6,8-9,11H,7,10,21H2,1-2H3,(H,22,23). The Hall–Kier alpha value is -1.71. The Kier molecular flexibility index (Phi) is 5.55. The first-order chi connectivity index (χ1) is 10.8. The molecule has 0 aliphatic carbocycles. The predicted octanol–water partition coefficient (Wildman–Crippen LogP) is 4.56. The number of amides is 1. The number of hydrogen-bond donors (Lipinski definition) is 2. The summed E-state index contributed by atoms with van der Waals surface area (Å²) in [5.41, 5.74) is 7.96. The number of benzene rings is 2. The van der Waals surface area contributed by atoms with Gasteiger partial charge in [-0.1, -0.05) is 47.5 Å². The molecule has 2 rings (SSSR count). The first-order valence-electron chi connectivity index (χ1n) is 7.39. The van der Waals surface area contributed by atoms with Gasteiger partial charge in [0.15, 0.2) is 0 Å². The topological polar surface area (TPSA) is 55.1 Å². The molecule has 0 radical (unpaired) electrons. The van der Waals surface area contributed by atoms with E-state index in [-0.39, 0.29) is 5.91 Å². The monoisotopic (exact) mass is 350 g/mol. The number of anilines is 1. The van der Waals surface area contributed by atoms with E-state index in [0.29, 0.717) is 28.6 Å². The van der Waals surface area contributed by atoms with Crippen LogP contribution in [0, 0.1) is 0 Å². The third-order valence-electron chi connectivity index (χ3n) is 3.77. The van der Waals surface area contributed by atoms with Crippen molar-refractivity contribution in [2.24, 2.45) is 0 Å². The van der Waals surface area contributed by atoms with Gasteiger partial charge in [0, 0.05) is 12.1 Å². The van der Waals surface area contributed by atoms with Crippen LogP contribution in [0.3, 0.4) is 0 Å². The van der Waals surface area contributed by atoms with Crippen molar-refractivity contribution in [2.75, 3.05) is 5.73 Å². The van der Waals surface area contributed by atoms with E-state index in [1.54, 1.807) is 12.1 Å². The molecule has 3 N–H and O–H groups in total. The molecule has 0 bridgehead atoms. The molecule has 122 valence electrons. The van der Waals surface area contributed by atoms with Gasteiger partial charge >= 0.3 is 0 Å². The van der Waals surface area contributed by atoms with E-state index in [1.165, 1.54) is 0 Å². The van der Waals surface area contributed by atoms with Gasteiger partial charge in [-0.25, -0.2) is 0 Å². The molecular formula is C18H20Cl2N2O. The zero-order valence-corrected chi connectivity index (χ0v) is 14.7. The Balaban J connectivity index is 2.00. The molecule has 0 unspecified atom stereocenters. The normalized spacial score (nSPS) is 11.3. The average Bonchev–Trinajstić information content (AvgIpc) is 2.48. The maximum Gasteiger partial charge on any atom is 0.221 e. The summed E-state index contributed by atoms with van der Waals surface area (Å²) in [5.74, 6) is -0.0377. The summed E-state index contributed by atoms with van der Waals surface area (Å²) in [5, 5.41) is 4.00. The van der Waals surface area contributed by atoms with Crippen molar-refractivity contribution in [2.45, 2.75) is 32.2 Å². The number of nitrogens with one attached hydrogen (secondary N) is 1. The summed E-state index contributed by atoms with van der Waals surface area (Å²) in [6, 6.07) is 13.0. The van der Waals surface area contributed by atoms with Gasteiger partial charge in [0.1, 0.15) is 0 Å². The Morgan fingerprint density at radius 1 is 1.13 bits per heavy atom. The van der Waals surface area contributed by atoms with Gasteiger partial charge in [0.05, 0.1) is 15.6 Å². The van der Waals surface area contributed by atoms with Crippen molar-refractivity contribution in [3.05, 3.63) is 63.6 Å². The first-order valence-corrected chi connectivity index (χ1v) is 8.15. The number of hydrogen-bond acceptors (Lipinski definition) is 2. The van der Waals surface area contributed by atoms with E-state index in [4.69, 9.17) is 28.9 Å².